The van der Waals surface area contributed by atoms with E-state index in [-0.39, 0.29) is 17.1 Å². The number of primary sulfonamides is 1. The van der Waals surface area contributed by atoms with Crippen LogP contribution in [0.3, 0.4) is 0 Å². The highest BCUT2D eigenvalue weighted by molar-refractivity contribution is 7.89. The third-order valence-electron chi connectivity index (χ3n) is 3.32. The maximum Gasteiger partial charge on any atom is 0.319 e. The number of sulfonamides is 1. The Morgan fingerprint density at radius 1 is 1.33 bits per heavy atom. The molecular formula is C12H15N3O5S. The van der Waals surface area contributed by atoms with Gasteiger partial charge in [-0.1, -0.05) is 6.07 Å². The number of carbonyl (C=O) groups excluding carboxylic acids is 1. The van der Waals surface area contributed by atoms with Crippen LogP contribution in [0.1, 0.15) is 12.8 Å². The number of nitrogens with two attached hydrogens (primary N) is 1. The van der Waals surface area contributed by atoms with Gasteiger partial charge in [0.2, 0.25) is 10.0 Å². The van der Waals surface area contributed by atoms with Gasteiger partial charge in [0.1, 0.15) is 0 Å². The maximum absolute atomic E-state index is 11.7. The molecule has 1 aromatic rings. The number of hydrogen-bond donors (Lipinski definition) is 4. The molecular weight excluding hydrogens is 298 g/mol. The number of nitrogens with one attached hydrogen (secondary N) is 2. The van der Waals surface area contributed by atoms with E-state index in [4.69, 9.17) is 10.2 Å². The predicted octanol–water partition coefficient (Wildman–Crippen LogP) is 0.320. The Balaban J connectivity index is 1.96. The molecule has 0 saturated heterocycles. The number of anilines is 1. The topological polar surface area (TPSA) is 139 Å². The molecule has 8 nitrogen and oxygen atoms in total. The molecule has 1 fully saturated rings. The van der Waals surface area contributed by atoms with E-state index in [1.807, 2.05) is 0 Å². The molecule has 21 heavy (non-hydrogen) atoms. The fourth-order valence-electron chi connectivity index (χ4n) is 1.79. The maximum atomic E-state index is 11.7. The highest BCUT2D eigenvalue weighted by atomic mass is 32.2. The van der Waals surface area contributed by atoms with Crippen LogP contribution in [0.4, 0.5) is 10.5 Å². The summed E-state index contributed by atoms with van der Waals surface area (Å²) in [6.07, 6.45) is 1.06. The van der Waals surface area contributed by atoms with Gasteiger partial charge >= 0.3 is 12.0 Å². The monoisotopic (exact) mass is 313 g/mol. The van der Waals surface area contributed by atoms with Crippen LogP contribution in [0.2, 0.25) is 0 Å². The third-order valence-corrected chi connectivity index (χ3v) is 4.23. The van der Waals surface area contributed by atoms with Crippen LogP contribution >= 0.6 is 0 Å². The van der Waals surface area contributed by atoms with Crippen molar-refractivity contribution in [1.29, 1.82) is 0 Å². The fraction of sp³-hybridized carbons (Fsp3) is 0.333. The van der Waals surface area contributed by atoms with E-state index >= 15 is 0 Å². The average molecular weight is 313 g/mol. The van der Waals surface area contributed by atoms with Crippen molar-refractivity contribution in [3.05, 3.63) is 24.3 Å². The molecule has 2 rings (SSSR count). The first kappa shape index (κ1) is 15.3. The Morgan fingerprint density at radius 2 is 2.00 bits per heavy atom. The van der Waals surface area contributed by atoms with Gasteiger partial charge in [-0.05, 0) is 31.0 Å². The van der Waals surface area contributed by atoms with Crippen molar-refractivity contribution in [3.8, 4) is 0 Å². The predicted molar refractivity (Wildman–Crippen MR) is 74.1 cm³/mol. The van der Waals surface area contributed by atoms with Gasteiger partial charge in [-0.2, -0.15) is 0 Å². The second kappa shape index (κ2) is 5.34. The molecule has 114 valence electrons. The van der Waals surface area contributed by atoms with E-state index in [0.717, 1.165) is 0 Å². The number of rotatable bonds is 5. The second-order valence-electron chi connectivity index (χ2n) is 4.97. The average Bonchev–Trinajstić information content (AvgIpc) is 3.17. The summed E-state index contributed by atoms with van der Waals surface area (Å²) in [4.78, 5) is 22.5. The summed E-state index contributed by atoms with van der Waals surface area (Å²) >= 11 is 0. The molecule has 0 unspecified atom stereocenters. The Hall–Kier alpha value is -2.13. The molecule has 1 aromatic carbocycles. The molecule has 2 amide bonds. The summed E-state index contributed by atoms with van der Waals surface area (Å²) in [6.45, 7) is 0.0308. The lowest BCUT2D eigenvalue weighted by Gasteiger charge is -2.12. The zero-order valence-corrected chi connectivity index (χ0v) is 11.8. The minimum absolute atomic E-state index is 0.0308. The number of amides is 2. The molecule has 0 spiro atoms. The first-order valence-corrected chi connectivity index (χ1v) is 7.69. The lowest BCUT2D eigenvalue weighted by atomic mass is 10.1. The third kappa shape index (κ3) is 3.70. The fourth-order valence-corrected chi connectivity index (χ4v) is 2.35. The minimum Gasteiger partial charge on any atom is -0.481 e. The first-order valence-electron chi connectivity index (χ1n) is 6.14. The van der Waals surface area contributed by atoms with Gasteiger partial charge in [0, 0.05) is 12.2 Å². The molecule has 1 saturated carbocycles. The van der Waals surface area contributed by atoms with Crippen molar-refractivity contribution in [1.82, 2.24) is 5.32 Å². The van der Waals surface area contributed by atoms with Crippen LogP contribution in [0.15, 0.2) is 29.2 Å². The molecule has 0 aliphatic heterocycles. The van der Waals surface area contributed by atoms with Crippen LogP contribution < -0.4 is 15.8 Å². The van der Waals surface area contributed by atoms with Crippen molar-refractivity contribution in [2.24, 2.45) is 10.6 Å². The molecule has 5 N–H and O–H groups in total. The van der Waals surface area contributed by atoms with Crippen LogP contribution in [0.25, 0.3) is 0 Å². The molecule has 0 heterocycles. The van der Waals surface area contributed by atoms with Crippen LogP contribution in [0.5, 0.6) is 0 Å². The minimum atomic E-state index is -3.85. The standard InChI is InChI=1S/C12H15N3O5S/c13-21(19,20)9-3-1-2-8(6-9)15-11(18)14-7-12(4-5-12)10(16)17/h1-3,6H,4-5,7H2,(H,16,17)(H2,13,19,20)(H2,14,15,18). The van der Waals surface area contributed by atoms with Gasteiger partial charge in [-0.15, -0.1) is 0 Å². The Bertz CT molecular complexity index is 682. The molecule has 9 heteroatoms. The van der Waals surface area contributed by atoms with E-state index in [1.165, 1.54) is 24.3 Å². The molecule has 1 aliphatic carbocycles. The zero-order valence-electron chi connectivity index (χ0n) is 11.0. The van der Waals surface area contributed by atoms with E-state index in [0.29, 0.717) is 12.8 Å². The number of carboxylic acids is 1. The first-order chi connectivity index (χ1) is 9.73. The van der Waals surface area contributed by atoms with E-state index in [2.05, 4.69) is 10.6 Å². The molecule has 0 atom stereocenters. The molecule has 0 bridgehead atoms. The van der Waals surface area contributed by atoms with Crippen LogP contribution in [-0.2, 0) is 14.8 Å². The second-order valence-corrected chi connectivity index (χ2v) is 6.53. The van der Waals surface area contributed by atoms with E-state index < -0.39 is 27.4 Å². The number of hydrogen-bond acceptors (Lipinski definition) is 4. The van der Waals surface area contributed by atoms with Gasteiger partial charge in [0.05, 0.1) is 10.3 Å². The normalized spacial score (nSPS) is 16.0. The van der Waals surface area contributed by atoms with Gasteiger partial charge in [0.25, 0.3) is 0 Å². The summed E-state index contributed by atoms with van der Waals surface area (Å²) in [5.74, 6) is -0.931. The summed E-state index contributed by atoms with van der Waals surface area (Å²) in [7, 11) is -3.85. The summed E-state index contributed by atoms with van der Waals surface area (Å²) in [6, 6.07) is 4.86. The van der Waals surface area contributed by atoms with Gasteiger partial charge in [-0.25, -0.2) is 18.4 Å². The highest BCUT2D eigenvalue weighted by Crippen LogP contribution is 2.45. The van der Waals surface area contributed by atoms with Crippen LogP contribution in [0, 0.1) is 5.41 Å². The van der Waals surface area contributed by atoms with Gasteiger partial charge in [-0.3, -0.25) is 4.79 Å². The summed E-state index contributed by atoms with van der Waals surface area (Å²) in [5.41, 5.74) is -0.612. The number of benzene rings is 1. The van der Waals surface area contributed by atoms with Crippen molar-refractivity contribution < 1.29 is 23.1 Å². The Labute approximate surface area is 121 Å². The van der Waals surface area contributed by atoms with Gasteiger partial charge < -0.3 is 15.7 Å². The smallest absolute Gasteiger partial charge is 0.319 e. The lowest BCUT2D eigenvalue weighted by molar-refractivity contribution is -0.143. The molecule has 0 aromatic heterocycles. The van der Waals surface area contributed by atoms with Crippen LogP contribution in [-0.4, -0.2) is 32.1 Å². The number of aliphatic carboxylic acids is 1. The zero-order chi connectivity index (χ0) is 15.7. The van der Waals surface area contributed by atoms with E-state index in [1.54, 1.807) is 0 Å². The number of carbonyl (C=O) groups is 2. The van der Waals surface area contributed by atoms with Crippen molar-refractivity contribution >= 4 is 27.7 Å². The summed E-state index contributed by atoms with van der Waals surface area (Å²) < 4.78 is 22.4. The largest absolute Gasteiger partial charge is 0.481 e. The molecule has 0 radical (unpaired) electrons. The van der Waals surface area contributed by atoms with E-state index in [9.17, 15) is 18.0 Å². The van der Waals surface area contributed by atoms with Gasteiger partial charge in [0.15, 0.2) is 0 Å². The Kier molecular flexibility index (Phi) is 3.88. The van der Waals surface area contributed by atoms with Crippen molar-refractivity contribution in [2.75, 3.05) is 11.9 Å². The van der Waals surface area contributed by atoms with Crippen molar-refractivity contribution in [3.63, 3.8) is 0 Å². The summed E-state index contributed by atoms with van der Waals surface area (Å²) in [5, 5.41) is 18.9. The highest BCUT2D eigenvalue weighted by Gasteiger charge is 2.50. The Morgan fingerprint density at radius 3 is 2.52 bits per heavy atom. The SMILES string of the molecule is NS(=O)(=O)c1cccc(NC(=O)NCC2(C(=O)O)CC2)c1. The lowest BCUT2D eigenvalue weighted by Crippen LogP contribution is -2.36. The quantitative estimate of drug-likeness (QED) is 0.620. The molecule has 1 aliphatic rings. The number of urea groups is 1. The number of carboxylic acid groups (broad SMARTS) is 1. The van der Waals surface area contributed by atoms with Crippen molar-refractivity contribution in [2.45, 2.75) is 17.7 Å².